The zero-order valence-corrected chi connectivity index (χ0v) is 18.1. The van der Waals surface area contributed by atoms with Crippen molar-refractivity contribution in [3.8, 4) is 0 Å². The van der Waals surface area contributed by atoms with E-state index in [4.69, 9.17) is 52.3 Å². The van der Waals surface area contributed by atoms with E-state index in [-0.39, 0.29) is 50.1 Å². The minimum absolute atomic E-state index is 0. The molecule has 0 saturated heterocycles. The van der Waals surface area contributed by atoms with Crippen molar-refractivity contribution in [1.82, 2.24) is 0 Å². The first-order valence-electron chi connectivity index (χ1n) is 6.05. The number of aliphatic carboxylic acids is 5. The summed E-state index contributed by atoms with van der Waals surface area (Å²) >= 11 is 0.300. The molecular formula is C10H20AlN5O11Zr. The van der Waals surface area contributed by atoms with E-state index in [2.05, 4.69) is 28.7 Å². The van der Waals surface area contributed by atoms with Crippen LogP contribution < -0.4 is 54.2 Å². The molecule has 0 heterocycles. The predicted octanol–water partition coefficient (Wildman–Crippen LogP) is -12.0. The summed E-state index contributed by atoms with van der Waals surface area (Å²) < 4.78 is 8.34. The molecule has 10 N–H and O–H groups in total. The normalized spacial score (nSPS) is 6.82. The van der Waals surface area contributed by atoms with E-state index in [0.717, 1.165) is 0 Å². The summed E-state index contributed by atoms with van der Waals surface area (Å²) in [6, 6.07) is 0. The van der Waals surface area contributed by atoms with E-state index in [9.17, 15) is 0 Å². The van der Waals surface area contributed by atoms with Crippen LogP contribution in [0.25, 0.3) is 0 Å². The van der Waals surface area contributed by atoms with Gasteiger partial charge in [-0.2, -0.15) is 0 Å². The molecule has 28 heavy (non-hydrogen) atoms. The van der Waals surface area contributed by atoms with Crippen LogP contribution >= 0.6 is 0 Å². The van der Waals surface area contributed by atoms with Gasteiger partial charge in [-0.15, -0.1) is 0 Å². The van der Waals surface area contributed by atoms with Crippen LogP contribution in [-0.4, -0.2) is 79.9 Å². The third kappa shape index (κ3) is 190. The van der Waals surface area contributed by atoms with Crippen LogP contribution in [0.2, 0.25) is 0 Å². The number of carbonyl (C=O) groups is 5. The Morgan fingerprint density at radius 1 is 0.464 bits per heavy atom. The number of hydrogen-bond acceptors (Lipinski definition) is 16. The van der Waals surface area contributed by atoms with Crippen LogP contribution in [0.4, 0.5) is 0 Å². The van der Waals surface area contributed by atoms with E-state index in [1.54, 1.807) is 0 Å². The second-order valence-corrected chi connectivity index (χ2v) is 2.88. The third-order valence-corrected chi connectivity index (χ3v) is 0.833. The maximum atomic E-state index is 9.13. The summed E-state index contributed by atoms with van der Waals surface area (Å²) in [7, 11) is 0. The zero-order valence-electron chi connectivity index (χ0n) is 14.5. The SMILES string of the molecule is NCC(=O)[O-].NCC(=O)[O-].NCC(=O)[O-].NCC(=O)[O-].NCC(=O)[O-].[Al+3].[O]=[Zr+2]. The van der Waals surface area contributed by atoms with Gasteiger partial charge in [0.1, 0.15) is 0 Å². The van der Waals surface area contributed by atoms with E-state index in [1.807, 2.05) is 0 Å². The number of carboxylic acid groups (broad SMARTS) is 5. The first-order valence-corrected chi connectivity index (χ1v) is 7.06. The molecule has 0 aliphatic carbocycles. The van der Waals surface area contributed by atoms with Gasteiger partial charge in [-0.05, 0) is 0 Å². The first-order chi connectivity index (χ1) is 12.4. The second-order valence-electron chi connectivity index (χ2n) is 2.88. The van der Waals surface area contributed by atoms with Crippen molar-refractivity contribution in [3.05, 3.63) is 0 Å². The maximum absolute atomic E-state index is 9.13. The molecule has 0 aliphatic heterocycles. The molecule has 0 aromatic heterocycles. The van der Waals surface area contributed by atoms with E-state index < -0.39 is 29.8 Å². The molecule has 0 rings (SSSR count). The van der Waals surface area contributed by atoms with Crippen LogP contribution in [0.5, 0.6) is 0 Å². The molecule has 0 atom stereocenters. The Kier molecular flexibility index (Phi) is 72.1. The van der Waals surface area contributed by atoms with Crippen LogP contribution in [0.1, 0.15) is 0 Å². The third-order valence-electron chi connectivity index (χ3n) is 0.833. The van der Waals surface area contributed by atoms with Gasteiger partial charge in [-0.3, -0.25) is 0 Å². The van der Waals surface area contributed by atoms with Gasteiger partial charge in [0.15, 0.2) is 0 Å². The van der Waals surface area contributed by atoms with Gasteiger partial charge in [0.05, 0.1) is 29.8 Å². The molecule has 0 aromatic rings. The predicted molar refractivity (Wildman–Crippen MR) is 76.7 cm³/mol. The fourth-order valence-electron chi connectivity index (χ4n) is 0. The minimum atomic E-state index is -1.22. The number of hydrogen-bond donors (Lipinski definition) is 5. The monoisotopic (exact) mass is 503 g/mol. The summed E-state index contributed by atoms with van der Waals surface area (Å²) in [6.07, 6.45) is 0. The summed E-state index contributed by atoms with van der Waals surface area (Å²) in [5.41, 5.74) is 22.5. The van der Waals surface area contributed by atoms with E-state index >= 15 is 0 Å². The summed E-state index contributed by atoms with van der Waals surface area (Å²) in [5, 5.41) is 45.7. The van der Waals surface area contributed by atoms with Gasteiger partial charge in [0.2, 0.25) is 0 Å². The molecule has 0 bridgehead atoms. The van der Waals surface area contributed by atoms with Gasteiger partial charge >= 0.3 is 44.9 Å². The number of rotatable bonds is 5. The quantitative estimate of drug-likeness (QED) is 0.217. The molecule has 0 aromatic carbocycles. The Balaban J connectivity index is -0.0000000381. The average molecular weight is 505 g/mol. The Morgan fingerprint density at radius 3 is 0.500 bits per heavy atom. The fraction of sp³-hybridized carbons (Fsp3) is 0.500. The van der Waals surface area contributed by atoms with Gasteiger partial charge in [-0.1, -0.05) is 0 Å². The van der Waals surface area contributed by atoms with Crippen molar-refractivity contribution in [2.45, 2.75) is 0 Å². The van der Waals surface area contributed by atoms with Crippen LogP contribution in [0.15, 0.2) is 0 Å². The number of nitrogens with two attached hydrogens (primary N) is 5. The topological polar surface area (TPSA) is 348 Å². The molecule has 0 amide bonds. The standard InChI is InChI=1S/5C2H5NO2.Al.O.Zr/c5*3-1-2(4)5;;;/h5*1,3H2,(H,4,5);;;/q;;;;;+3;;+2/p-5. The summed E-state index contributed by atoms with van der Waals surface area (Å²) in [5.74, 6) is -6.09. The zero-order chi connectivity index (χ0) is 23.4. The number of carbonyl (C=O) groups excluding carboxylic acids is 5. The Labute approximate surface area is 185 Å². The molecule has 0 aliphatic rings. The molecular weight excluding hydrogens is 484 g/mol. The Bertz CT molecular complexity index is 323. The number of carboxylic acids is 5. The Hall–Kier alpha value is -1.63. The van der Waals surface area contributed by atoms with E-state index in [1.165, 1.54) is 0 Å². The Morgan fingerprint density at radius 2 is 0.500 bits per heavy atom. The molecule has 0 saturated carbocycles. The van der Waals surface area contributed by atoms with Crippen molar-refractivity contribution in [3.63, 3.8) is 0 Å². The molecule has 16 nitrogen and oxygen atoms in total. The fourth-order valence-corrected chi connectivity index (χ4v) is 0. The van der Waals surface area contributed by atoms with Crippen molar-refractivity contribution >= 4 is 47.2 Å². The van der Waals surface area contributed by atoms with Crippen LogP contribution in [-0.2, 0) is 51.5 Å². The van der Waals surface area contributed by atoms with E-state index in [0.29, 0.717) is 24.7 Å². The van der Waals surface area contributed by atoms with Crippen molar-refractivity contribution < 1.29 is 77.0 Å². The second kappa shape index (κ2) is 44.6. The first kappa shape index (κ1) is 45.2. The molecule has 0 spiro atoms. The van der Waals surface area contributed by atoms with Crippen molar-refractivity contribution in [2.24, 2.45) is 28.7 Å². The molecule has 0 fully saturated rings. The summed E-state index contributed by atoms with van der Waals surface area (Å²) in [6.45, 7) is -1.94. The van der Waals surface area contributed by atoms with Gasteiger partial charge < -0.3 is 78.2 Å². The van der Waals surface area contributed by atoms with Crippen molar-refractivity contribution in [2.75, 3.05) is 32.7 Å². The van der Waals surface area contributed by atoms with Crippen molar-refractivity contribution in [1.29, 1.82) is 0 Å². The molecule has 0 radical (unpaired) electrons. The molecule has 0 unspecified atom stereocenters. The van der Waals surface area contributed by atoms with Gasteiger partial charge in [0, 0.05) is 32.7 Å². The van der Waals surface area contributed by atoms with Gasteiger partial charge in [0.25, 0.3) is 0 Å². The summed E-state index contributed by atoms with van der Waals surface area (Å²) in [4.78, 5) is 45.7. The van der Waals surface area contributed by atoms with Gasteiger partial charge in [-0.25, -0.2) is 0 Å². The molecule has 18 heteroatoms. The molecule has 158 valence electrons. The average Bonchev–Trinajstić information content (AvgIpc) is 2.64. The van der Waals surface area contributed by atoms with Crippen LogP contribution in [0, 0.1) is 0 Å². The van der Waals surface area contributed by atoms with Crippen LogP contribution in [0.3, 0.4) is 0 Å².